The van der Waals surface area contributed by atoms with E-state index in [-0.39, 0.29) is 44.0 Å². The molecule has 8 heteroatoms. The van der Waals surface area contributed by atoms with Crippen LogP contribution in [0.5, 0.6) is 11.5 Å². The lowest BCUT2D eigenvalue weighted by Crippen LogP contribution is -1.85. The van der Waals surface area contributed by atoms with Gasteiger partial charge in [0.1, 0.15) is 23.1 Å². The van der Waals surface area contributed by atoms with Crippen LogP contribution in [0.2, 0.25) is 10.0 Å². The molecule has 0 aliphatic carbocycles. The van der Waals surface area contributed by atoms with E-state index in [0.717, 1.165) is 24.3 Å². The fraction of sp³-hybridized carbons (Fsp3) is 0. The summed E-state index contributed by atoms with van der Waals surface area (Å²) in [7, 11) is 0. The predicted octanol–water partition coefficient (Wildman–Crippen LogP) is 6.18. The first-order valence-corrected chi connectivity index (χ1v) is 8.63. The minimum atomic E-state index is -0.520. The SMILES string of the molecule is Oc1ccc(F)cc1C=Nc1cc(Cl)c(N=Cc2cc(F)ccc2O)cc1Cl. The van der Waals surface area contributed by atoms with Gasteiger partial charge in [-0.3, -0.25) is 9.98 Å². The van der Waals surface area contributed by atoms with Gasteiger partial charge in [-0.1, -0.05) is 23.2 Å². The zero-order valence-electron chi connectivity index (χ0n) is 14.1. The Bertz CT molecular complexity index is 1010. The fourth-order valence-electron chi connectivity index (χ4n) is 2.26. The summed E-state index contributed by atoms with van der Waals surface area (Å²) in [6, 6.07) is 9.80. The van der Waals surface area contributed by atoms with Crippen LogP contribution in [0.1, 0.15) is 11.1 Å². The van der Waals surface area contributed by atoms with E-state index in [9.17, 15) is 19.0 Å². The zero-order chi connectivity index (χ0) is 20.3. The summed E-state index contributed by atoms with van der Waals surface area (Å²) in [6.07, 6.45) is 2.51. The zero-order valence-corrected chi connectivity index (χ0v) is 15.6. The number of hydrogen-bond acceptors (Lipinski definition) is 4. The molecule has 3 aromatic rings. The summed E-state index contributed by atoms with van der Waals surface area (Å²) in [5.74, 6) is -1.31. The maximum absolute atomic E-state index is 13.3. The predicted molar refractivity (Wildman–Crippen MR) is 107 cm³/mol. The molecule has 3 aromatic carbocycles. The molecule has 2 N–H and O–H groups in total. The molecule has 28 heavy (non-hydrogen) atoms. The van der Waals surface area contributed by atoms with Gasteiger partial charge in [0, 0.05) is 23.6 Å². The number of halogens is 4. The molecule has 0 radical (unpaired) electrons. The molecule has 0 fully saturated rings. The van der Waals surface area contributed by atoms with Crippen LogP contribution in [0, 0.1) is 11.6 Å². The molecule has 0 unspecified atom stereocenters. The number of phenols is 2. The van der Waals surface area contributed by atoms with Gasteiger partial charge < -0.3 is 10.2 Å². The first-order valence-electron chi connectivity index (χ1n) is 7.87. The Balaban J connectivity index is 1.88. The van der Waals surface area contributed by atoms with Crippen molar-refractivity contribution in [2.24, 2.45) is 9.98 Å². The Hall–Kier alpha value is -2.96. The molecule has 0 saturated carbocycles. The molecule has 0 saturated heterocycles. The lowest BCUT2D eigenvalue weighted by atomic mass is 10.2. The Morgan fingerprint density at radius 1 is 0.679 bits per heavy atom. The second-order valence-corrected chi connectivity index (χ2v) is 6.49. The van der Waals surface area contributed by atoms with E-state index in [0.29, 0.717) is 0 Å². The van der Waals surface area contributed by atoms with Crippen LogP contribution in [-0.2, 0) is 0 Å². The lowest BCUT2D eigenvalue weighted by molar-refractivity contribution is 0.472. The number of phenolic OH excluding ortho intramolecular Hbond substituents is 2. The Morgan fingerprint density at radius 3 is 1.46 bits per heavy atom. The third-order valence-electron chi connectivity index (χ3n) is 3.68. The molecule has 0 aliphatic heterocycles. The van der Waals surface area contributed by atoms with Crippen LogP contribution in [0.4, 0.5) is 20.2 Å². The fourth-order valence-corrected chi connectivity index (χ4v) is 2.67. The molecule has 0 heterocycles. The van der Waals surface area contributed by atoms with Crippen molar-refractivity contribution in [1.82, 2.24) is 0 Å². The van der Waals surface area contributed by atoms with Crippen molar-refractivity contribution in [3.8, 4) is 11.5 Å². The largest absolute Gasteiger partial charge is 0.507 e. The average molecular weight is 421 g/mol. The highest BCUT2D eigenvalue weighted by Crippen LogP contribution is 2.36. The van der Waals surface area contributed by atoms with Gasteiger partial charge in [-0.05, 0) is 48.5 Å². The highest BCUT2D eigenvalue weighted by Gasteiger charge is 2.08. The minimum Gasteiger partial charge on any atom is -0.507 e. The number of nitrogens with zero attached hydrogens (tertiary/aromatic N) is 2. The molecule has 0 amide bonds. The third kappa shape index (κ3) is 4.65. The monoisotopic (exact) mass is 420 g/mol. The summed E-state index contributed by atoms with van der Waals surface area (Å²) in [5, 5.41) is 19.8. The van der Waals surface area contributed by atoms with Crippen LogP contribution >= 0.6 is 23.2 Å². The molecular formula is C20H12Cl2F2N2O2. The molecule has 0 atom stereocenters. The van der Waals surface area contributed by atoms with Crippen molar-refractivity contribution in [2.45, 2.75) is 0 Å². The summed E-state index contributed by atoms with van der Waals surface area (Å²) in [5.41, 5.74) is 0.914. The van der Waals surface area contributed by atoms with Gasteiger partial charge in [-0.2, -0.15) is 0 Å². The summed E-state index contributed by atoms with van der Waals surface area (Å²) >= 11 is 12.4. The van der Waals surface area contributed by atoms with E-state index < -0.39 is 11.6 Å². The molecule has 0 bridgehead atoms. The van der Waals surface area contributed by atoms with E-state index in [1.807, 2.05) is 0 Å². The van der Waals surface area contributed by atoms with Crippen molar-refractivity contribution in [3.63, 3.8) is 0 Å². The highest BCUT2D eigenvalue weighted by atomic mass is 35.5. The third-order valence-corrected chi connectivity index (χ3v) is 4.29. The van der Waals surface area contributed by atoms with Gasteiger partial charge >= 0.3 is 0 Å². The second-order valence-electron chi connectivity index (χ2n) is 5.68. The molecular weight excluding hydrogens is 409 g/mol. The quantitative estimate of drug-likeness (QED) is 0.494. The average Bonchev–Trinajstić information content (AvgIpc) is 2.66. The molecule has 3 rings (SSSR count). The number of rotatable bonds is 4. The van der Waals surface area contributed by atoms with Crippen LogP contribution in [0.25, 0.3) is 0 Å². The van der Waals surface area contributed by atoms with Gasteiger partial charge in [0.05, 0.1) is 21.4 Å². The van der Waals surface area contributed by atoms with Crippen LogP contribution < -0.4 is 0 Å². The minimum absolute atomic E-state index is 0.136. The smallest absolute Gasteiger partial charge is 0.124 e. The molecule has 4 nitrogen and oxygen atoms in total. The molecule has 0 aliphatic rings. The van der Waals surface area contributed by atoms with Gasteiger partial charge in [-0.25, -0.2) is 8.78 Å². The highest BCUT2D eigenvalue weighted by molar-refractivity contribution is 6.37. The topological polar surface area (TPSA) is 65.2 Å². The second kappa shape index (κ2) is 8.37. The van der Waals surface area contributed by atoms with Crippen LogP contribution in [0.15, 0.2) is 58.5 Å². The molecule has 0 spiro atoms. The van der Waals surface area contributed by atoms with E-state index in [1.54, 1.807) is 0 Å². The van der Waals surface area contributed by atoms with Crippen molar-refractivity contribution in [1.29, 1.82) is 0 Å². The van der Waals surface area contributed by atoms with Crippen molar-refractivity contribution >= 4 is 47.0 Å². The van der Waals surface area contributed by atoms with Gasteiger partial charge in [-0.15, -0.1) is 0 Å². The Labute approximate surface area is 169 Å². The van der Waals surface area contributed by atoms with E-state index in [1.165, 1.54) is 36.7 Å². The van der Waals surface area contributed by atoms with Gasteiger partial charge in [0.15, 0.2) is 0 Å². The van der Waals surface area contributed by atoms with E-state index >= 15 is 0 Å². The standard InChI is InChI=1S/C20H12Cl2F2N2O2/c21-15-8-18(26-10-12-6-14(24)2-4-20(12)28)16(22)7-17(15)25-9-11-5-13(23)1-3-19(11)27/h1-10,27-28H. The van der Waals surface area contributed by atoms with E-state index in [4.69, 9.17) is 23.2 Å². The lowest BCUT2D eigenvalue weighted by Gasteiger charge is -2.04. The van der Waals surface area contributed by atoms with E-state index in [2.05, 4.69) is 9.98 Å². The number of aromatic hydroxyl groups is 2. The first kappa shape index (κ1) is 19.8. The van der Waals surface area contributed by atoms with Crippen molar-refractivity contribution in [2.75, 3.05) is 0 Å². The molecule has 142 valence electrons. The van der Waals surface area contributed by atoms with Crippen LogP contribution in [-0.4, -0.2) is 22.6 Å². The molecule has 0 aromatic heterocycles. The number of benzene rings is 3. The number of hydrogen-bond donors (Lipinski definition) is 2. The number of aliphatic imine (C=N–C) groups is 2. The maximum Gasteiger partial charge on any atom is 0.124 e. The normalized spacial score (nSPS) is 11.6. The van der Waals surface area contributed by atoms with Crippen molar-refractivity contribution in [3.05, 3.63) is 81.3 Å². The first-order chi connectivity index (χ1) is 13.3. The summed E-state index contributed by atoms with van der Waals surface area (Å²) in [4.78, 5) is 8.23. The summed E-state index contributed by atoms with van der Waals surface area (Å²) < 4.78 is 26.5. The van der Waals surface area contributed by atoms with Crippen LogP contribution in [0.3, 0.4) is 0 Å². The van der Waals surface area contributed by atoms with Gasteiger partial charge in [0.2, 0.25) is 0 Å². The maximum atomic E-state index is 13.3. The Morgan fingerprint density at radius 2 is 1.07 bits per heavy atom. The Kier molecular flexibility index (Phi) is 5.92. The van der Waals surface area contributed by atoms with Gasteiger partial charge in [0.25, 0.3) is 0 Å². The summed E-state index contributed by atoms with van der Waals surface area (Å²) in [6.45, 7) is 0. The van der Waals surface area contributed by atoms with Crippen molar-refractivity contribution < 1.29 is 19.0 Å².